The third-order valence-electron chi connectivity index (χ3n) is 5.39. The zero-order chi connectivity index (χ0) is 15.3. The smallest absolute Gasteiger partial charge is 0.172 e. The Hall–Kier alpha value is -1.97. The molecule has 6 nitrogen and oxygen atoms in total. The second-order valence-corrected chi connectivity index (χ2v) is 6.62. The SMILES string of the molecule is CN1C2CCCC1CC(O)(c1cnc3c(C#N)cnn3c1)C2. The van der Waals surface area contributed by atoms with Crippen molar-refractivity contribution in [2.75, 3.05) is 7.05 Å². The first-order chi connectivity index (χ1) is 10.6. The van der Waals surface area contributed by atoms with Crippen molar-refractivity contribution in [3.8, 4) is 6.07 Å². The van der Waals surface area contributed by atoms with Gasteiger partial charge in [-0.05, 0) is 32.7 Å². The number of fused-ring (bicyclic) bond motifs is 3. The molecule has 2 aliphatic heterocycles. The lowest BCUT2D eigenvalue weighted by Crippen LogP contribution is -2.55. The van der Waals surface area contributed by atoms with Gasteiger partial charge in [0.15, 0.2) is 5.65 Å². The van der Waals surface area contributed by atoms with Crippen molar-refractivity contribution in [1.82, 2.24) is 19.5 Å². The van der Waals surface area contributed by atoms with Gasteiger partial charge in [-0.2, -0.15) is 10.4 Å². The number of piperidine rings is 2. The van der Waals surface area contributed by atoms with Gasteiger partial charge in [0.1, 0.15) is 11.6 Å². The molecule has 1 N–H and O–H groups in total. The second-order valence-electron chi connectivity index (χ2n) is 6.62. The molecule has 0 amide bonds. The zero-order valence-corrected chi connectivity index (χ0v) is 12.6. The molecule has 0 aliphatic carbocycles. The predicted molar refractivity (Wildman–Crippen MR) is 80.0 cm³/mol. The highest BCUT2D eigenvalue weighted by Gasteiger charge is 2.45. The summed E-state index contributed by atoms with van der Waals surface area (Å²) < 4.78 is 1.60. The first-order valence-corrected chi connectivity index (χ1v) is 7.79. The molecule has 2 atom stereocenters. The first kappa shape index (κ1) is 13.7. The van der Waals surface area contributed by atoms with Crippen LogP contribution in [0.3, 0.4) is 0 Å². The van der Waals surface area contributed by atoms with Crippen LogP contribution in [0.15, 0.2) is 18.6 Å². The van der Waals surface area contributed by atoms with Crippen molar-refractivity contribution in [2.24, 2.45) is 0 Å². The van der Waals surface area contributed by atoms with Gasteiger partial charge in [-0.15, -0.1) is 0 Å². The van der Waals surface area contributed by atoms with Crippen LogP contribution in [-0.4, -0.2) is 43.7 Å². The summed E-state index contributed by atoms with van der Waals surface area (Å²) in [6.45, 7) is 0. The number of hydrogen-bond donors (Lipinski definition) is 1. The standard InChI is InChI=1S/C16H19N5O/c1-20-13-3-2-4-14(20)6-16(22,5-13)12-9-18-15-11(7-17)8-19-21(15)10-12/h8-10,13-14,22H,2-6H2,1H3. The van der Waals surface area contributed by atoms with Crippen molar-refractivity contribution in [3.05, 3.63) is 29.7 Å². The van der Waals surface area contributed by atoms with Crippen molar-refractivity contribution in [1.29, 1.82) is 5.26 Å². The Kier molecular flexibility index (Phi) is 2.96. The number of nitrogens with zero attached hydrogens (tertiary/aromatic N) is 5. The monoisotopic (exact) mass is 297 g/mol. The van der Waals surface area contributed by atoms with Crippen molar-refractivity contribution in [2.45, 2.75) is 49.8 Å². The summed E-state index contributed by atoms with van der Waals surface area (Å²) in [6, 6.07) is 2.94. The van der Waals surface area contributed by atoms with Gasteiger partial charge in [0.2, 0.25) is 0 Å². The highest BCUT2D eigenvalue weighted by atomic mass is 16.3. The molecule has 2 unspecified atom stereocenters. The van der Waals surface area contributed by atoms with Gasteiger partial charge in [-0.3, -0.25) is 0 Å². The molecule has 2 aliphatic rings. The van der Waals surface area contributed by atoms with E-state index in [-0.39, 0.29) is 0 Å². The lowest BCUT2D eigenvalue weighted by molar-refractivity contribution is -0.0878. The van der Waals surface area contributed by atoms with E-state index in [0.717, 1.165) is 31.2 Å². The molecule has 4 heterocycles. The van der Waals surface area contributed by atoms with E-state index in [0.29, 0.717) is 23.3 Å². The summed E-state index contributed by atoms with van der Waals surface area (Å²) in [5, 5.41) is 24.4. The number of hydrogen-bond acceptors (Lipinski definition) is 5. The summed E-state index contributed by atoms with van der Waals surface area (Å²) in [7, 11) is 2.17. The lowest BCUT2D eigenvalue weighted by Gasteiger charge is -2.50. The molecule has 2 fully saturated rings. The summed E-state index contributed by atoms with van der Waals surface area (Å²) in [4.78, 5) is 6.77. The third-order valence-corrected chi connectivity index (χ3v) is 5.39. The van der Waals surface area contributed by atoms with Crippen molar-refractivity contribution >= 4 is 5.65 Å². The Labute approximate surface area is 129 Å². The van der Waals surface area contributed by atoms with Gasteiger partial charge >= 0.3 is 0 Å². The Morgan fingerprint density at radius 3 is 2.73 bits per heavy atom. The molecule has 22 heavy (non-hydrogen) atoms. The van der Waals surface area contributed by atoms with Crippen molar-refractivity contribution < 1.29 is 5.11 Å². The highest BCUT2D eigenvalue weighted by Crippen LogP contribution is 2.43. The minimum Gasteiger partial charge on any atom is -0.385 e. The average Bonchev–Trinajstić information content (AvgIpc) is 2.91. The van der Waals surface area contributed by atoms with Gasteiger partial charge in [-0.1, -0.05) is 6.42 Å². The molecule has 114 valence electrons. The van der Waals surface area contributed by atoms with Crippen LogP contribution in [0.2, 0.25) is 0 Å². The van der Waals surface area contributed by atoms with Crippen LogP contribution in [-0.2, 0) is 5.60 Å². The minimum absolute atomic E-state index is 0.431. The first-order valence-electron chi connectivity index (χ1n) is 7.79. The Bertz CT molecular complexity index is 747. The maximum absolute atomic E-state index is 11.2. The van der Waals surface area contributed by atoms with E-state index in [1.165, 1.54) is 12.6 Å². The summed E-state index contributed by atoms with van der Waals surface area (Å²) >= 11 is 0. The normalized spacial score (nSPS) is 32.0. The van der Waals surface area contributed by atoms with E-state index >= 15 is 0 Å². The zero-order valence-electron chi connectivity index (χ0n) is 12.6. The fourth-order valence-corrected chi connectivity index (χ4v) is 4.08. The number of aromatic nitrogens is 3. The summed E-state index contributed by atoms with van der Waals surface area (Å²) in [6.07, 6.45) is 10.1. The molecular formula is C16H19N5O. The number of nitriles is 1. The largest absolute Gasteiger partial charge is 0.385 e. The van der Waals surface area contributed by atoms with E-state index in [4.69, 9.17) is 5.26 Å². The molecule has 4 rings (SSSR count). The Morgan fingerprint density at radius 1 is 1.32 bits per heavy atom. The fraction of sp³-hybridized carbons (Fsp3) is 0.562. The topological polar surface area (TPSA) is 77.4 Å². The quantitative estimate of drug-likeness (QED) is 0.861. The van der Waals surface area contributed by atoms with Gasteiger partial charge in [0, 0.05) is 30.0 Å². The maximum Gasteiger partial charge on any atom is 0.172 e. The molecule has 6 heteroatoms. The molecule has 0 radical (unpaired) electrons. The molecule has 2 aromatic rings. The van der Waals surface area contributed by atoms with Gasteiger partial charge in [0.25, 0.3) is 0 Å². The van der Waals surface area contributed by atoms with Crippen LogP contribution in [0.25, 0.3) is 5.65 Å². The van der Waals surface area contributed by atoms with Crippen LogP contribution >= 0.6 is 0 Å². The average molecular weight is 297 g/mol. The van der Waals surface area contributed by atoms with E-state index < -0.39 is 5.60 Å². The Balaban J connectivity index is 1.73. The molecule has 2 aromatic heterocycles. The Morgan fingerprint density at radius 2 is 2.05 bits per heavy atom. The molecule has 2 bridgehead atoms. The minimum atomic E-state index is -0.845. The van der Waals surface area contributed by atoms with Crippen LogP contribution < -0.4 is 0 Å². The number of rotatable bonds is 1. The summed E-state index contributed by atoms with van der Waals surface area (Å²) in [5.41, 5.74) is 0.960. The van der Waals surface area contributed by atoms with Gasteiger partial charge in [0.05, 0.1) is 11.8 Å². The summed E-state index contributed by atoms with van der Waals surface area (Å²) in [5.74, 6) is 0. The lowest BCUT2D eigenvalue weighted by atomic mass is 9.73. The molecule has 2 saturated heterocycles. The van der Waals surface area contributed by atoms with Crippen LogP contribution in [0, 0.1) is 11.3 Å². The van der Waals surface area contributed by atoms with Crippen LogP contribution in [0.4, 0.5) is 0 Å². The van der Waals surface area contributed by atoms with Gasteiger partial charge < -0.3 is 10.0 Å². The molecule has 0 aromatic carbocycles. The van der Waals surface area contributed by atoms with Gasteiger partial charge in [-0.25, -0.2) is 9.50 Å². The third kappa shape index (κ3) is 1.93. The second kappa shape index (κ2) is 4.77. The van der Waals surface area contributed by atoms with Crippen LogP contribution in [0.5, 0.6) is 0 Å². The van der Waals surface area contributed by atoms with E-state index in [9.17, 15) is 5.11 Å². The highest BCUT2D eigenvalue weighted by molar-refractivity contribution is 5.53. The predicted octanol–water partition coefficient (Wildman–Crippen LogP) is 1.44. The van der Waals surface area contributed by atoms with Crippen molar-refractivity contribution in [3.63, 3.8) is 0 Å². The maximum atomic E-state index is 11.2. The number of aliphatic hydroxyl groups is 1. The molecule has 0 saturated carbocycles. The van der Waals surface area contributed by atoms with Crippen LogP contribution in [0.1, 0.15) is 43.2 Å². The van der Waals surface area contributed by atoms with E-state index in [1.54, 1.807) is 10.7 Å². The molecule has 0 spiro atoms. The van der Waals surface area contributed by atoms with E-state index in [2.05, 4.69) is 28.1 Å². The van der Waals surface area contributed by atoms with E-state index in [1.807, 2.05) is 6.20 Å². The molecular weight excluding hydrogens is 278 g/mol. The fourth-order valence-electron chi connectivity index (χ4n) is 4.08.